The monoisotopic (exact) mass is 849 g/mol. The van der Waals surface area contributed by atoms with Gasteiger partial charge in [-0.1, -0.05) is 180 Å². The Morgan fingerprint density at radius 3 is 1.69 bits per heavy atom. The molecule has 11 rings (SSSR count). The van der Waals surface area contributed by atoms with Gasteiger partial charge in [0.1, 0.15) is 0 Å². The fourth-order valence-corrected chi connectivity index (χ4v) is 12.2. The second-order valence-corrected chi connectivity index (χ2v) is 23.8. The average Bonchev–Trinajstić information content (AvgIpc) is 3.50. The van der Waals surface area contributed by atoms with Crippen molar-refractivity contribution >= 4 is 57.2 Å². The Labute approximate surface area is 389 Å². The second-order valence-electron chi connectivity index (χ2n) is 23.8. The molecule has 2 heterocycles. The summed E-state index contributed by atoms with van der Waals surface area (Å²) in [6, 6.07) is 52.3. The number of nitrogens with zero attached hydrogens (tertiary/aromatic N) is 2. The van der Waals surface area contributed by atoms with Gasteiger partial charge in [-0.15, -0.1) is 0 Å². The molecule has 2 nitrogen and oxygen atoms in total. The van der Waals surface area contributed by atoms with Gasteiger partial charge in [0, 0.05) is 33.9 Å². The zero-order chi connectivity index (χ0) is 45.7. The minimum Gasteiger partial charge on any atom is -0.311 e. The van der Waals surface area contributed by atoms with Gasteiger partial charge in [-0.2, -0.15) is 0 Å². The minimum atomic E-state index is -0.203. The van der Waals surface area contributed by atoms with E-state index < -0.39 is 0 Å². The zero-order valence-electron chi connectivity index (χ0n) is 41.1. The molecule has 0 amide bonds. The smallest absolute Gasteiger partial charge is 0.252 e. The van der Waals surface area contributed by atoms with E-state index in [1.807, 2.05) is 0 Å². The quantitative estimate of drug-likeness (QED) is 0.163. The summed E-state index contributed by atoms with van der Waals surface area (Å²) in [6.45, 7) is 31.3. The molecule has 7 aromatic rings. The predicted octanol–water partition coefficient (Wildman–Crippen LogP) is 15.0. The summed E-state index contributed by atoms with van der Waals surface area (Å²) in [5.41, 5.74) is 26.6. The Morgan fingerprint density at radius 2 is 1.03 bits per heavy atom. The molecule has 0 saturated heterocycles. The highest BCUT2D eigenvalue weighted by atomic mass is 15.2. The van der Waals surface area contributed by atoms with Crippen molar-refractivity contribution in [2.75, 3.05) is 9.80 Å². The van der Waals surface area contributed by atoms with Crippen LogP contribution < -0.4 is 26.2 Å². The number of hydrogen-bond donors (Lipinski definition) is 0. The highest BCUT2D eigenvalue weighted by Gasteiger charge is 2.49. The lowest BCUT2D eigenvalue weighted by molar-refractivity contribution is 0.332. The van der Waals surface area contributed by atoms with E-state index in [-0.39, 0.29) is 33.8 Å². The fourth-order valence-electron chi connectivity index (χ4n) is 12.2. The topological polar surface area (TPSA) is 6.48 Å². The molecule has 4 aliphatic rings. The van der Waals surface area contributed by atoms with Gasteiger partial charge in [-0.05, 0) is 155 Å². The van der Waals surface area contributed by atoms with Gasteiger partial charge >= 0.3 is 0 Å². The van der Waals surface area contributed by atoms with Crippen molar-refractivity contribution in [3.63, 3.8) is 0 Å². The molecule has 0 bridgehead atoms. The van der Waals surface area contributed by atoms with Crippen molar-refractivity contribution in [1.29, 1.82) is 0 Å². The van der Waals surface area contributed by atoms with Crippen molar-refractivity contribution in [3.8, 4) is 22.3 Å². The molecule has 0 unspecified atom stereocenters. The minimum absolute atomic E-state index is 0.0115. The highest BCUT2D eigenvalue weighted by molar-refractivity contribution is 7.00. The molecule has 0 spiro atoms. The zero-order valence-corrected chi connectivity index (χ0v) is 41.1. The van der Waals surface area contributed by atoms with Crippen LogP contribution in [0.25, 0.3) is 22.3 Å². The summed E-state index contributed by atoms with van der Waals surface area (Å²) in [4.78, 5) is 5.38. The third kappa shape index (κ3) is 6.20. The first-order chi connectivity index (χ1) is 30.7. The van der Waals surface area contributed by atoms with Crippen LogP contribution in [0.3, 0.4) is 0 Å². The van der Waals surface area contributed by atoms with Crippen molar-refractivity contribution in [3.05, 3.63) is 172 Å². The molecule has 0 N–H and O–H groups in total. The molecular formula is C62H65BN2. The van der Waals surface area contributed by atoms with Crippen LogP contribution in [-0.2, 0) is 27.1 Å². The molecule has 2 aliphatic carbocycles. The van der Waals surface area contributed by atoms with E-state index in [9.17, 15) is 0 Å². The van der Waals surface area contributed by atoms with Crippen molar-refractivity contribution in [1.82, 2.24) is 0 Å². The average molecular weight is 849 g/mol. The first-order valence-electron chi connectivity index (χ1n) is 24.2. The Balaban J connectivity index is 1.30. The van der Waals surface area contributed by atoms with Crippen LogP contribution in [0, 0.1) is 6.92 Å². The Bertz CT molecular complexity index is 3110. The SMILES string of the molecule is Cc1cc(C(C)(C)C)ccc1N1c2ccc(-c3ccccc3)cc2B2c3cc4c(cc3N(c3cccc5c3C(C)(C)c3ccccc3-5)c3cc(C(C)(C)C)cc1c32)C(C)(C)CCC4(C)C. The van der Waals surface area contributed by atoms with Crippen LogP contribution in [0.5, 0.6) is 0 Å². The lowest BCUT2D eigenvalue weighted by atomic mass is 9.33. The fraction of sp³-hybridized carbons (Fsp3) is 0.323. The van der Waals surface area contributed by atoms with E-state index in [0.717, 1.165) is 0 Å². The Hall–Kier alpha value is -5.80. The molecule has 0 atom stereocenters. The normalized spacial score (nSPS) is 17.2. The van der Waals surface area contributed by atoms with E-state index in [0.29, 0.717) is 0 Å². The van der Waals surface area contributed by atoms with E-state index in [1.54, 1.807) is 0 Å². The largest absolute Gasteiger partial charge is 0.311 e. The van der Waals surface area contributed by atoms with E-state index in [4.69, 9.17) is 0 Å². The van der Waals surface area contributed by atoms with Gasteiger partial charge < -0.3 is 9.80 Å². The van der Waals surface area contributed by atoms with Gasteiger partial charge in [0.05, 0.1) is 5.69 Å². The van der Waals surface area contributed by atoms with Gasteiger partial charge in [0.15, 0.2) is 0 Å². The number of rotatable bonds is 3. The van der Waals surface area contributed by atoms with Gasteiger partial charge in [-0.3, -0.25) is 0 Å². The van der Waals surface area contributed by atoms with Crippen LogP contribution in [0.1, 0.15) is 135 Å². The molecule has 0 radical (unpaired) electrons. The third-order valence-electron chi connectivity index (χ3n) is 16.1. The van der Waals surface area contributed by atoms with E-state index >= 15 is 0 Å². The van der Waals surface area contributed by atoms with Gasteiger partial charge in [0.25, 0.3) is 6.71 Å². The number of aryl methyl sites for hydroxylation is 1. The summed E-state index contributed by atoms with van der Waals surface area (Å²) in [6.07, 6.45) is 2.33. The Morgan fingerprint density at radius 1 is 0.446 bits per heavy atom. The number of hydrogen-bond acceptors (Lipinski definition) is 2. The van der Waals surface area contributed by atoms with Crippen LogP contribution in [0.15, 0.2) is 133 Å². The molecule has 7 aromatic carbocycles. The van der Waals surface area contributed by atoms with E-state index in [2.05, 4.69) is 233 Å². The Kier molecular flexibility index (Phi) is 8.93. The van der Waals surface area contributed by atoms with Crippen molar-refractivity contribution < 1.29 is 0 Å². The lowest BCUT2D eigenvalue weighted by Gasteiger charge is -2.48. The first-order valence-corrected chi connectivity index (χ1v) is 24.2. The molecule has 0 aromatic heterocycles. The molecule has 0 fully saturated rings. The van der Waals surface area contributed by atoms with Crippen molar-refractivity contribution in [2.24, 2.45) is 0 Å². The molecule has 3 heteroatoms. The summed E-state index contributed by atoms with van der Waals surface area (Å²) in [5, 5.41) is 0. The van der Waals surface area contributed by atoms with Crippen LogP contribution in [-0.4, -0.2) is 6.71 Å². The highest BCUT2D eigenvalue weighted by Crippen LogP contribution is 2.57. The molecular weight excluding hydrogens is 784 g/mol. The maximum atomic E-state index is 2.74. The summed E-state index contributed by atoms with van der Waals surface area (Å²) >= 11 is 0. The summed E-state index contributed by atoms with van der Waals surface area (Å²) in [5.74, 6) is 0. The van der Waals surface area contributed by atoms with E-state index in [1.165, 1.54) is 125 Å². The second kappa shape index (κ2) is 13.9. The maximum Gasteiger partial charge on any atom is 0.252 e. The first kappa shape index (κ1) is 41.9. The van der Waals surface area contributed by atoms with Crippen LogP contribution >= 0.6 is 0 Å². The number of anilines is 6. The third-order valence-corrected chi connectivity index (χ3v) is 16.1. The van der Waals surface area contributed by atoms with Crippen LogP contribution in [0.4, 0.5) is 34.1 Å². The molecule has 2 aliphatic heterocycles. The molecule has 326 valence electrons. The van der Waals surface area contributed by atoms with Gasteiger partial charge in [0.2, 0.25) is 0 Å². The number of benzene rings is 7. The molecule has 65 heavy (non-hydrogen) atoms. The standard InChI is InChI=1S/C62H65BN2/c1-38-32-41(58(2,3)4)27-29-50(38)64-51-28-26-40(39-20-15-14-16-21-39)33-48(51)63-49-36-46-47(61(10,11)31-30-60(46,8)9)37-53(49)65(55-35-42(59(5,6)7)34-54(64)57(55)63)52-25-19-23-44-43-22-17-18-24-45(43)62(12,13)56(44)52/h14-29,32-37H,30-31H2,1-13H3. The summed E-state index contributed by atoms with van der Waals surface area (Å²) in [7, 11) is 0. The van der Waals surface area contributed by atoms with Crippen molar-refractivity contribution in [2.45, 2.75) is 130 Å². The van der Waals surface area contributed by atoms with Gasteiger partial charge in [-0.25, -0.2) is 0 Å². The molecule has 0 saturated carbocycles. The maximum absolute atomic E-state index is 2.74. The number of fused-ring (bicyclic) bond motifs is 8. The van der Waals surface area contributed by atoms with Crippen LogP contribution in [0.2, 0.25) is 0 Å². The lowest BCUT2D eigenvalue weighted by Crippen LogP contribution is -2.62. The summed E-state index contributed by atoms with van der Waals surface area (Å²) < 4.78 is 0. The predicted molar refractivity (Wildman–Crippen MR) is 281 cm³/mol.